The normalized spacial score (nSPS) is 14.7. The second-order valence-electron chi connectivity index (χ2n) is 6.09. The molecule has 6 heteroatoms. The summed E-state index contributed by atoms with van der Waals surface area (Å²) < 4.78 is 11.9. The van der Waals surface area contributed by atoms with E-state index in [1.807, 2.05) is 13.8 Å². The van der Waals surface area contributed by atoms with Gasteiger partial charge in [0.25, 0.3) is 0 Å². The number of aliphatic hydroxyl groups excluding tert-OH is 2. The van der Waals surface area contributed by atoms with Crippen LogP contribution in [0.2, 0.25) is 0 Å². The molecule has 0 saturated heterocycles. The monoisotopic (exact) mass is 307 g/mol. The van der Waals surface area contributed by atoms with Crippen LogP contribution in [0.4, 0.5) is 0 Å². The molecule has 0 aromatic rings. The van der Waals surface area contributed by atoms with Crippen LogP contribution >= 0.6 is 0 Å². The summed E-state index contributed by atoms with van der Waals surface area (Å²) in [7, 11) is -2.21. The van der Waals surface area contributed by atoms with Crippen LogP contribution in [-0.2, 0) is 14.7 Å². The van der Waals surface area contributed by atoms with Crippen LogP contribution in [0, 0.1) is 0 Å². The van der Waals surface area contributed by atoms with Gasteiger partial charge in [-0.05, 0) is 31.4 Å². The number of hydrogen-bond acceptors (Lipinski definition) is 4. The molecule has 0 aliphatic carbocycles. The summed E-state index contributed by atoms with van der Waals surface area (Å²) in [6.45, 7) is 7.51. The molecule has 5 nitrogen and oxygen atoms in total. The van der Waals surface area contributed by atoms with Crippen molar-refractivity contribution in [2.75, 3.05) is 32.2 Å². The van der Waals surface area contributed by atoms with E-state index in [-0.39, 0.29) is 23.8 Å². The molecule has 0 spiro atoms. The van der Waals surface area contributed by atoms with Crippen LogP contribution in [0.15, 0.2) is 12.7 Å². The summed E-state index contributed by atoms with van der Waals surface area (Å²) in [6.07, 6.45) is 5.21. The molecule has 1 atom stereocenters. The van der Waals surface area contributed by atoms with Crippen molar-refractivity contribution in [3.8, 4) is 0 Å². The van der Waals surface area contributed by atoms with Gasteiger partial charge in [0.05, 0.1) is 12.7 Å². The predicted octanol–water partition coefficient (Wildman–Crippen LogP) is 0.189. The fourth-order valence-corrected chi connectivity index (χ4v) is 2.40. The van der Waals surface area contributed by atoms with E-state index in [0.29, 0.717) is 13.0 Å². The standard InChI is InChI=1S/C14H29NO4S/c1-6-13(18)15(10-12(17)11-16)9-7-8-14(2,3)20(4,5)19/h6,12,16-17,20H,1,7-11H2,2-5H3. The highest BCUT2D eigenvalue weighted by Crippen LogP contribution is 2.25. The van der Waals surface area contributed by atoms with Gasteiger partial charge in [0, 0.05) is 17.8 Å². The molecule has 0 aromatic heterocycles. The summed E-state index contributed by atoms with van der Waals surface area (Å²) in [4.78, 5) is 13.1. The van der Waals surface area contributed by atoms with Crippen LogP contribution in [0.1, 0.15) is 26.7 Å². The molecule has 0 aliphatic heterocycles. The van der Waals surface area contributed by atoms with Gasteiger partial charge in [0.2, 0.25) is 5.91 Å². The zero-order valence-electron chi connectivity index (χ0n) is 13.0. The average molecular weight is 307 g/mol. The van der Waals surface area contributed by atoms with Gasteiger partial charge in [-0.2, -0.15) is 0 Å². The first kappa shape index (κ1) is 19.3. The highest BCUT2D eigenvalue weighted by atomic mass is 32.2. The van der Waals surface area contributed by atoms with Crippen LogP contribution in [-0.4, -0.2) is 68.3 Å². The lowest BCUT2D eigenvalue weighted by molar-refractivity contribution is -0.127. The van der Waals surface area contributed by atoms with Gasteiger partial charge < -0.3 is 15.1 Å². The van der Waals surface area contributed by atoms with Crippen molar-refractivity contribution in [3.63, 3.8) is 0 Å². The molecule has 120 valence electrons. The number of nitrogens with zero attached hydrogens (tertiary/aromatic N) is 1. The molecular formula is C14H29NO4S. The summed E-state index contributed by atoms with van der Waals surface area (Å²) >= 11 is 0. The third-order valence-electron chi connectivity index (χ3n) is 3.80. The van der Waals surface area contributed by atoms with Gasteiger partial charge in [-0.1, -0.05) is 20.4 Å². The van der Waals surface area contributed by atoms with E-state index in [2.05, 4.69) is 6.58 Å². The molecule has 2 N–H and O–H groups in total. The highest BCUT2D eigenvalue weighted by molar-refractivity contribution is 8.02. The van der Waals surface area contributed by atoms with Gasteiger partial charge in [-0.15, -0.1) is 9.93 Å². The second-order valence-corrected chi connectivity index (χ2v) is 10.0. The molecule has 1 unspecified atom stereocenters. The van der Waals surface area contributed by atoms with E-state index < -0.39 is 16.0 Å². The summed E-state index contributed by atoms with van der Waals surface area (Å²) in [6, 6.07) is 0. The maximum absolute atomic E-state index is 12.2. The minimum atomic E-state index is -2.21. The summed E-state index contributed by atoms with van der Waals surface area (Å²) in [5.74, 6) is -0.272. The molecule has 0 bridgehead atoms. The molecule has 0 saturated carbocycles. The fourth-order valence-electron chi connectivity index (χ4n) is 1.70. The fraction of sp³-hybridized carbons (Fsp3) is 0.786. The molecule has 0 aliphatic rings. The van der Waals surface area contributed by atoms with Crippen molar-refractivity contribution in [1.82, 2.24) is 4.90 Å². The molecule has 20 heavy (non-hydrogen) atoms. The number of amides is 1. The molecule has 0 radical (unpaired) electrons. The first-order chi connectivity index (χ1) is 9.05. The lowest BCUT2D eigenvalue weighted by Gasteiger charge is -2.34. The third kappa shape index (κ3) is 6.15. The number of thiol groups is 1. The Morgan fingerprint density at radius 2 is 2.00 bits per heavy atom. The number of carbonyl (C=O) groups excluding carboxylic acids is 1. The van der Waals surface area contributed by atoms with E-state index in [1.54, 1.807) is 12.5 Å². The topological polar surface area (TPSA) is 77.8 Å². The molecule has 0 fully saturated rings. The quantitative estimate of drug-likeness (QED) is 0.420. The summed E-state index contributed by atoms with van der Waals surface area (Å²) in [5, 5.41) is 18.3. The minimum absolute atomic E-state index is 0.0810. The number of carbonyl (C=O) groups is 1. The van der Waals surface area contributed by atoms with Crippen molar-refractivity contribution < 1.29 is 19.2 Å². The molecule has 1 amide bonds. The van der Waals surface area contributed by atoms with Crippen molar-refractivity contribution in [1.29, 1.82) is 0 Å². The minimum Gasteiger partial charge on any atom is -0.394 e. The SMILES string of the molecule is C=CC(=O)N(CCCC(C)(C)[SH](C)(C)=O)CC(O)CO. The van der Waals surface area contributed by atoms with E-state index >= 15 is 0 Å². The Morgan fingerprint density at radius 3 is 2.40 bits per heavy atom. The van der Waals surface area contributed by atoms with Crippen molar-refractivity contribution in [3.05, 3.63) is 12.7 Å². The molecule has 0 aromatic carbocycles. The van der Waals surface area contributed by atoms with E-state index in [1.165, 1.54) is 11.0 Å². The van der Waals surface area contributed by atoms with E-state index in [9.17, 15) is 14.1 Å². The van der Waals surface area contributed by atoms with Gasteiger partial charge in [0.15, 0.2) is 0 Å². The Hall–Kier alpha value is -0.720. The van der Waals surface area contributed by atoms with Crippen LogP contribution < -0.4 is 0 Å². The zero-order chi connectivity index (χ0) is 16.0. The van der Waals surface area contributed by atoms with Crippen LogP contribution in [0.25, 0.3) is 0 Å². The Kier molecular flexibility index (Phi) is 7.62. The third-order valence-corrected chi connectivity index (χ3v) is 6.94. The number of aliphatic hydroxyl groups is 2. The number of hydrogen-bond donors (Lipinski definition) is 3. The van der Waals surface area contributed by atoms with E-state index in [4.69, 9.17) is 5.11 Å². The first-order valence-electron chi connectivity index (χ1n) is 6.80. The van der Waals surface area contributed by atoms with Crippen LogP contribution in [0.5, 0.6) is 0 Å². The Morgan fingerprint density at radius 1 is 1.45 bits per heavy atom. The maximum atomic E-state index is 12.2. The van der Waals surface area contributed by atoms with Gasteiger partial charge in [-0.25, -0.2) is 0 Å². The van der Waals surface area contributed by atoms with Crippen molar-refractivity contribution >= 4 is 15.8 Å². The Labute approximate surface area is 123 Å². The van der Waals surface area contributed by atoms with Crippen molar-refractivity contribution in [2.24, 2.45) is 0 Å². The smallest absolute Gasteiger partial charge is 0.246 e. The molecular weight excluding hydrogens is 278 g/mol. The number of rotatable bonds is 9. The average Bonchev–Trinajstić information content (AvgIpc) is 2.34. The van der Waals surface area contributed by atoms with Crippen molar-refractivity contribution in [2.45, 2.75) is 37.5 Å². The second kappa shape index (κ2) is 7.90. The summed E-state index contributed by atoms with van der Waals surface area (Å²) in [5.41, 5.74) is 0. The van der Waals surface area contributed by atoms with Gasteiger partial charge in [-0.3, -0.25) is 9.00 Å². The zero-order valence-corrected chi connectivity index (χ0v) is 13.9. The lowest BCUT2D eigenvalue weighted by Crippen LogP contribution is -2.40. The van der Waals surface area contributed by atoms with E-state index in [0.717, 1.165) is 6.42 Å². The molecule has 0 rings (SSSR count). The molecule has 0 heterocycles. The highest BCUT2D eigenvalue weighted by Gasteiger charge is 2.27. The van der Waals surface area contributed by atoms with Crippen LogP contribution in [0.3, 0.4) is 0 Å². The lowest BCUT2D eigenvalue weighted by atomic mass is 10.1. The predicted molar refractivity (Wildman–Crippen MR) is 84.6 cm³/mol. The largest absolute Gasteiger partial charge is 0.394 e. The Bertz CT molecular complexity index is 375. The Balaban J connectivity index is 4.52. The maximum Gasteiger partial charge on any atom is 0.246 e. The first-order valence-corrected chi connectivity index (χ1v) is 9.40. The van der Waals surface area contributed by atoms with Gasteiger partial charge >= 0.3 is 0 Å². The van der Waals surface area contributed by atoms with Gasteiger partial charge in [0.1, 0.15) is 0 Å².